The number of carbonyl (C=O) groups is 2. The monoisotopic (exact) mass is 382 g/mol. The van der Waals surface area contributed by atoms with Crippen LogP contribution in [0.3, 0.4) is 0 Å². The number of rotatable bonds is 4. The Balaban J connectivity index is 1.56. The molecule has 2 fully saturated rings. The summed E-state index contributed by atoms with van der Waals surface area (Å²) in [5, 5.41) is 0. The molecule has 7 heteroatoms. The van der Waals surface area contributed by atoms with Gasteiger partial charge in [-0.3, -0.25) is 9.59 Å². The van der Waals surface area contributed by atoms with E-state index in [1.165, 1.54) is 0 Å². The van der Waals surface area contributed by atoms with Crippen molar-refractivity contribution in [1.82, 2.24) is 5.48 Å². The topological polar surface area (TPSA) is 67.9 Å². The number of halogens is 1. The van der Waals surface area contributed by atoms with Crippen LogP contribution in [-0.2, 0) is 19.2 Å². The second kappa shape index (κ2) is 7.42. The lowest BCUT2D eigenvalue weighted by atomic mass is 10.1. The van der Waals surface area contributed by atoms with Gasteiger partial charge in [0.1, 0.15) is 5.92 Å². The Morgan fingerprint density at radius 1 is 1.35 bits per heavy atom. The molecule has 3 rings (SSSR count). The van der Waals surface area contributed by atoms with E-state index in [-0.39, 0.29) is 5.91 Å². The van der Waals surface area contributed by atoms with E-state index in [2.05, 4.69) is 21.4 Å². The molecule has 2 aliphatic heterocycles. The lowest BCUT2D eigenvalue weighted by Gasteiger charge is -2.22. The highest BCUT2D eigenvalue weighted by molar-refractivity contribution is 9.10. The SMILES string of the molecule is O=C(NOC1CCCCO1)C1CCN(c2cccc(Br)c2)C1=O. The fourth-order valence-electron chi connectivity index (χ4n) is 2.82. The molecule has 2 unspecified atom stereocenters. The predicted molar refractivity (Wildman–Crippen MR) is 87.4 cm³/mol. The number of carbonyl (C=O) groups excluding carboxylic acids is 2. The normalized spacial score (nSPS) is 24.7. The minimum atomic E-state index is -0.711. The van der Waals surface area contributed by atoms with Crippen molar-refractivity contribution in [1.29, 1.82) is 0 Å². The lowest BCUT2D eigenvalue weighted by molar-refractivity contribution is -0.202. The van der Waals surface area contributed by atoms with E-state index < -0.39 is 18.1 Å². The number of amides is 2. The average molecular weight is 383 g/mol. The zero-order valence-electron chi connectivity index (χ0n) is 12.7. The predicted octanol–water partition coefficient (Wildman–Crippen LogP) is 2.38. The summed E-state index contributed by atoms with van der Waals surface area (Å²) in [5.74, 6) is -1.31. The van der Waals surface area contributed by atoms with Gasteiger partial charge in [0.15, 0.2) is 6.29 Å². The Kier molecular flexibility index (Phi) is 5.30. The summed E-state index contributed by atoms with van der Waals surface area (Å²) in [6, 6.07) is 7.48. The van der Waals surface area contributed by atoms with Crippen LogP contribution in [0.5, 0.6) is 0 Å². The summed E-state index contributed by atoms with van der Waals surface area (Å²) in [7, 11) is 0. The van der Waals surface area contributed by atoms with Crippen LogP contribution in [-0.4, -0.2) is 31.3 Å². The molecule has 0 spiro atoms. The fraction of sp³-hybridized carbons (Fsp3) is 0.500. The Bertz CT molecular complexity index is 589. The van der Waals surface area contributed by atoms with E-state index in [1.54, 1.807) is 4.90 Å². The van der Waals surface area contributed by atoms with E-state index in [1.807, 2.05) is 24.3 Å². The quantitative estimate of drug-likeness (QED) is 0.641. The first kappa shape index (κ1) is 16.4. The second-order valence-electron chi connectivity index (χ2n) is 5.69. The first-order valence-corrected chi connectivity index (χ1v) is 8.58. The molecule has 2 amide bonds. The molecule has 0 aliphatic carbocycles. The molecule has 2 atom stereocenters. The highest BCUT2D eigenvalue weighted by atomic mass is 79.9. The third kappa shape index (κ3) is 3.91. The molecule has 0 saturated carbocycles. The molecule has 1 aromatic carbocycles. The maximum Gasteiger partial charge on any atom is 0.256 e. The standard InChI is InChI=1S/C16H19BrN2O4/c17-11-4-3-5-12(10-11)19-8-7-13(16(19)21)15(20)18-23-14-6-1-2-9-22-14/h3-5,10,13-14H,1-2,6-9H2,(H,18,20). The Hall–Kier alpha value is -1.44. The molecule has 0 bridgehead atoms. The first-order valence-electron chi connectivity index (χ1n) is 7.79. The molecule has 1 aromatic rings. The number of benzene rings is 1. The molecule has 0 radical (unpaired) electrons. The van der Waals surface area contributed by atoms with Crippen molar-refractivity contribution in [2.24, 2.45) is 5.92 Å². The summed E-state index contributed by atoms with van der Waals surface area (Å²) in [5.41, 5.74) is 3.18. The summed E-state index contributed by atoms with van der Waals surface area (Å²) in [6.07, 6.45) is 2.84. The third-order valence-corrected chi connectivity index (χ3v) is 4.56. The minimum absolute atomic E-state index is 0.200. The molecule has 2 heterocycles. The zero-order chi connectivity index (χ0) is 16.2. The number of nitrogens with zero attached hydrogens (tertiary/aromatic N) is 1. The molecular weight excluding hydrogens is 364 g/mol. The summed E-state index contributed by atoms with van der Waals surface area (Å²) in [4.78, 5) is 31.6. The van der Waals surface area contributed by atoms with Crippen molar-refractivity contribution in [2.45, 2.75) is 32.0 Å². The van der Waals surface area contributed by atoms with Gasteiger partial charge >= 0.3 is 0 Å². The van der Waals surface area contributed by atoms with Crippen molar-refractivity contribution >= 4 is 33.4 Å². The molecular formula is C16H19BrN2O4. The Morgan fingerprint density at radius 2 is 2.22 bits per heavy atom. The number of hydroxylamine groups is 1. The van der Waals surface area contributed by atoms with Crippen molar-refractivity contribution < 1.29 is 19.2 Å². The number of ether oxygens (including phenoxy) is 1. The van der Waals surface area contributed by atoms with Crippen LogP contribution in [0.2, 0.25) is 0 Å². The first-order chi connectivity index (χ1) is 11.1. The third-order valence-electron chi connectivity index (χ3n) is 4.07. The molecule has 2 saturated heterocycles. The van der Waals surface area contributed by atoms with E-state index in [4.69, 9.17) is 9.57 Å². The van der Waals surface area contributed by atoms with Gasteiger partial charge in [0, 0.05) is 29.7 Å². The molecule has 1 N–H and O–H groups in total. The molecule has 2 aliphatic rings. The summed E-state index contributed by atoms with van der Waals surface area (Å²) < 4.78 is 6.28. The maximum atomic E-state index is 12.5. The van der Waals surface area contributed by atoms with Crippen LogP contribution >= 0.6 is 15.9 Å². The van der Waals surface area contributed by atoms with Crippen LogP contribution in [0, 0.1) is 5.92 Å². The van der Waals surface area contributed by atoms with E-state index in [0.717, 1.165) is 29.4 Å². The van der Waals surface area contributed by atoms with Gasteiger partial charge in [-0.2, -0.15) is 0 Å². The van der Waals surface area contributed by atoms with Gasteiger partial charge in [-0.05, 0) is 37.5 Å². The Morgan fingerprint density at radius 3 is 2.96 bits per heavy atom. The van der Waals surface area contributed by atoms with Crippen LogP contribution in [0.25, 0.3) is 0 Å². The molecule has 23 heavy (non-hydrogen) atoms. The highest BCUT2D eigenvalue weighted by Gasteiger charge is 2.38. The minimum Gasteiger partial charge on any atom is -0.350 e. The number of hydrogen-bond donors (Lipinski definition) is 1. The van der Waals surface area contributed by atoms with Gasteiger partial charge in [0.05, 0.1) is 0 Å². The van der Waals surface area contributed by atoms with Gasteiger partial charge in [-0.15, -0.1) is 0 Å². The largest absolute Gasteiger partial charge is 0.350 e. The second-order valence-corrected chi connectivity index (χ2v) is 6.61. The van der Waals surface area contributed by atoms with E-state index >= 15 is 0 Å². The molecule has 6 nitrogen and oxygen atoms in total. The van der Waals surface area contributed by atoms with E-state index in [9.17, 15) is 9.59 Å². The Labute approximate surface area is 143 Å². The van der Waals surface area contributed by atoms with Crippen molar-refractivity contribution in [2.75, 3.05) is 18.1 Å². The maximum absolute atomic E-state index is 12.5. The van der Waals surface area contributed by atoms with Gasteiger partial charge in [0.2, 0.25) is 5.91 Å². The number of nitrogens with one attached hydrogen (secondary N) is 1. The van der Waals surface area contributed by atoms with Crippen LogP contribution < -0.4 is 10.4 Å². The van der Waals surface area contributed by atoms with Crippen LogP contribution in [0.4, 0.5) is 5.69 Å². The van der Waals surface area contributed by atoms with Crippen molar-refractivity contribution in [3.63, 3.8) is 0 Å². The molecule has 0 aromatic heterocycles. The number of anilines is 1. The van der Waals surface area contributed by atoms with Gasteiger partial charge in [-0.25, -0.2) is 10.3 Å². The summed E-state index contributed by atoms with van der Waals surface area (Å²) >= 11 is 3.39. The lowest BCUT2D eigenvalue weighted by Crippen LogP contribution is -2.39. The number of hydrogen-bond acceptors (Lipinski definition) is 4. The van der Waals surface area contributed by atoms with Gasteiger partial charge in [-0.1, -0.05) is 22.0 Å². The summed E-state index contributed by atoms with van der Waals surface area (Å²) in [6.45, 7) is 1.16. The highest BCUT2D eigenvalue weighted by Crippen LogP contribution is 2.27. The van der Waals surface area contributed by atoms with Crippen molar-refractivity contribution in [3.05, 3.63) is 28.7 Å². The van der Waals surface area contributed by atoms with Crippen molar-refractivity contribution in [3.8, 4) is 0 Å². The van der Waals surface area contributed by atoms with Gasteiger partial charge < -0.3 is 9.64 Å². The molecule has 124 valence electrons. The van der Waals surface area contributed by atoms with E-state index in [0.29, 0.717) is 19.6 Å². The fourth-order valence-corrected chi connectivity index (χ4v) is 3.21. The van der Waals surface area contributed by atoms with Gasteiger partial charge in [0.25, 0.3) is 5.91 Å². The average Bonchev–Trinajstić information content (AvgIpc) is 2.95. The van der Waals surface area contributed by atoms with Crippen LogP contribution in [0.1, 0.15) is 25.7 Å². The smallest absolute Gasteiger partial charge is 0.256 e. The van der Waals surface area contributed by atoms with Crippen LogP contribution in [0.15, 0.2) is 28.7 Å². The zero-order valence-corrected chi connectivity index (χ0v) is 14.3.